The Labute approximate surface area is 341 Å². The second-order valence-corrected chi connectivity index (χ2v) is 14.3. The fourth-order valence-electron chi connectivity index (χ4n) is 7.38. The average molecular weight is 833 g/mol. The molecule has 18 nitrogen and oxygen atoms in total. The molecule has 1 aromatic rings. The first-order valence-electron chi connectivity index (χ1n) is 19.1. The van der Waals surface area contributed by atoms with Gasteiger partial charge >= 0.3 is 41.8 Å². The van der Waals surface area contributed by atoms with Crippen LogP contribution in [0.15, 0.2) is 48.8 Å². The van der Waals surface area contributed by atoms with Crippen molar-refractivity contribution < 1.29 is 85.7 Å². The Morgan fingerprint density at radius 1 is 0.729 bits per heavy atom. The lowest BCUT2D eigenvalue weighted by Crippen LogP contribution is -2.63. The molecule has 18 heteroatoms. The predicted octanol–water partition coefficient (Wildman–Crippen LogP) is 3.35. The molecule has 0 unspecified atom stereocenters. The standard InChI is InChI=1S/C41H52O18/c1-9-32-33(18-31-17-30(53-23(4)44)16-29(57-31)15-12-27-10-13-28(14-11-27)52-22(3)43)34(39(48)49-8)19-51-40(32)59-41-38(56-26(7)47)37(55-25(6)46)36(54-24(5)45)35(58-41)20-50-21(2)42/h9-11,13-14,19,29-33,35-38,40-41H,1,12,15-18,20H2,2-8H3/t29-,30-,31-,32+,33-,35+,36+,37-,38+,40-,41-/m0/s1. The molecule has 0 spiro atoms. The number of carbonyl (C=O) groups excluding carboxylic acids is 7. The second-order valence-electron chi connectivity index (χ2n) is 14.3. The number of hydrogen-bond acceptors (Lipinski definition) is 18. The number of benzene rings is 1. The van der Waals surface area contributed by atoms with Gasteiger partial charge in [0.2, 0.25) is 12.6 Å². The van der Waals surface area contributed by atoms with Crippen molar-refractivity contribution in [2.75, 3.05) is 13.7 Å². The lowest BCUT2D eigenvalue weighted by atomic mass is 9.78. The summed E-state index contributed by atoms with van der Waals surface area (Å²) in [7, 11) is 1.21. The molecule has 0 bridgehead atoms. The summed E-state index contributed by atoms with van der Waals surface area (Å²) in [6, 6.07) is 7.09. The van der Waals surface area contributed by atoms with Gasteiger partial charge in [-0.1, -0.05) is 18.2 Å². The van der Waals surface area contributed by atoms with Crippen LogP contribution in [0.1, 0.15) is 72.8 Å². The van der Waals surface area contributed by atoms with Crippen molar-refractivity contribution >= 4 is 41.8 Å². The Kier molecular flexibility index (Phi) is 17.0. The Bertz CT molecular complexity index is 1720. The minimum Gasteiger partial charge on any atom is -0.471 e. The number of rotatable bonds is 16. The third kappa shape index (κ3) is 13.6. The summed E-state index contributed by atoms with van der Waals surface area (Å²) in [5, 5.41) is 0. The van der Waals surface area contributed by atoms with Gasteiger partial charge in [0.15, 0.2) is 18.3 Å². The summed E-state index contributed by atoms with van der Waals surface area (Å²) in [6.45, 7) is 10.6. The smallest absolute Gasteiger partial charge is 0.337 e. The SMILES string of the molecule is C=C[C@H]1[C@H](O[C@@H]2O[C@H](COC(C)=O)[C@@H](OC(C)=O)[C@H](OC(C)=O)[C@H]2OC(C)=O)OC=C(C(=O)OC)[C@H]1C[C@@H]1C[C@@H](OC(C)=O)C[C@H](CCc2ccc(OC(C)=O)cc2)O1. The Morgan fingerprint density at radius 3 is 1.92 bits per heavy atom. The maximum Gasteiger partial charge on any atom is 0.337 e. The van der Waals surface area contributed by atoms with Crippen molar-refractivity contribution in [1.29, 1.82) is 0 Å². The quantitative estimate of drug-likeness (QED) is 0.101. The Hall–Kier alpha value is -5.33. The highest BCUT2D eigenvalue weighted by molar-refractivity contribution is 5.89. The molecule has 59 heavy (non-hydrogen) atoms. The van der Waals surface area contributed by atoms with Crippen molar-refractivity contribution in [3.8, 4) is 5.75 Å². The zero-order chi connectivity index (χ0) is 43.4. The zero-order valence-electron chi connectivity index (χ0n) is 34.1. The molecule has 3 aliphatic heterocycles. The number of aryl methyl sites for hydroxylation is 1. The highest BCUT2D eigenvalue weighted by Crippen LogP contribution is 2.41. The molecule has 0 aromatic heterocycles. The van der Waals surface area contributed by atoms with Gasteiger partial charge in [-0.25, -0.2) is 4.79 Å². The van der Waals surface area contributed by atoms with E-state index in [4.69, 9.17) is 52.1 Å². The molecule has 2 saturated heterocycles. The van der Waals surface area contributed by atoms with E-state index in [9.17, 15) is 33.6 Å². The van der Waals surface area contributed by atoms with E-state index in [1.165, 1.54) is 33.3 Å². The van der Waals surface area contributed by atoms with Crippen molar-refractivity contribution in [3.63, 3.8) is 0 Å². The normalized spacial score (nSPS) is 28.9. The summed E-state index contributed by atoms with van der Waals surface area (Å²) in [5.41, 5.74) is 1.09. The molecule has 0 radical (unpaired) electrons. The van der Waals surface area contributed by atoms with Gasteiger partial charge in [-0.2, -0.15) is 0 Å². The molecule has 2 fully saturated rings. The van der Waals surface area contributed by atoms with Crippen molar-refractivity contribution in [1.82, 2.24) is 0 Å². The molecule has 0 saturated carbocycles. The molecule has 1 aromatic carbocycles. The van der Waals surface area contributed by atoms with Crippen molar-refractivity contribution in [3.05, 3.63) is 54.3 Å². The van der Waals surface area contributed by atoms with E-state index in [1.807, 2.05) is 12.1 Å². The highest BCUT2D eigenvalue weighted by Gasteiger charge is 2.54. The van der Waals surface area contributed by atoms with Crippen molar-refractivity contribution in [2.45, 2.75) is 129 Å². The molecular formula is C41H52O18. The zero-order valence-corrected chi connectivity index (χ0v) is 34.1. The average Bonchev–Trinajstić information content (AvgIpc) is 3.15. The minimum atomic E-state index is -1.59. The van der Waals surface area contributed by atoms with Crippen LogP contribution in [-0.4, -0.2) is 111 Å². The fraction of sp³-hybridized carbons (Fsp3) is 0.585. The van der Waals surface area contributed by atoms with E-state index in [2.05, 4.69) is 6.58 Å². The molecule has 3 aliphatic rings. The third-order valence-electron chi connectivity index (χ3n) is 9.64. The minimum absolute atomic E-state index is 0.126. The van der Waals surface area contributed by atoms with Crippen LogP contribution in [0, 0.1) is 11.8 Å². The number of ether oxygens (including phenoxy) is 11. The number of methoxy groups -OCH3 is 1. The molecular weight excluding hydrogens is 780 g/mol. The van der Waals surface area contributed by atoms with Crippen LogP contribution < -0.4 is 4.74 Å². The Balaban J connectivity index is 1.63. The molecule has 3 heterocycles. The van der Waals surface area contributed by atoms with E-state index in [-0.39, 0.29) is 18.1 Å². The van der Waals surface area contributed by atoms with Crippen LogP contribution in [0.3, 0.4) is 0 Å². The van der Waals surface area contributed by atoms with Crippen LogP contribution in [0.4, 0.5) is 0 Å². The third-order valence-corrected chi connectivity index (χ3v) is 9.64. The van der Waals surface area contributed by atoms with Crippen molar-refractivity contribution in [2.24, 2.45) is 11.8 Å². The summed E-state index contributed by atoms with van der Waals surface area (Å²) in [6.07, 6.45) is -5.34. The Morgan fingerprint density at radius 2 is 1.34 bits per heavy atom. The van der Waals surface area contributed by atoms with Crippen LogP contribution in [0.2, 0.25) is 0 Å². The van der Waals surface area contributed by atoms with Gasteiger partial charge in [0.1, 0.15) is 24.6 Å². The van der Waals surface area contributed by atoms with Crippen LogP contribution in [0.5, 0.6) is 5.75 Å². The first kappa shape index (κ1) is 46.4. The maximum atomic E-state index is 13.2. The predicted molar refractivity (Wildman–Crippen MR) is 199 cm³/mol. The first-order valence-corrected chi connectivity index (χ1v) is 19.1. The van der Waals surface area contributed by atoms with E-state index in [0.717, 1.165) is 33.3 Å². The van der Waals surface area contributed by atoms with Crippen LogP contribution in [-0.2, 0) is 87.4 Å². The molecule has 0 amide bonds. The van der Waals surface area contributed by atoms with Gasteiger partial charge in [0, 0.05) is 66.2 Å². The molecule has 4 rings (SSSR count). The van der Waals surface area contributed by atoms with Gasteiger partial charge in [0.05, 0.1) is 31.2 Å². The van der Waals surface area contributed by atoms with E-state index >= 15 is 0 Å². The summed E-state index contributed by atoms with van der Waals surface area (Å²) in [4.78, 5) is 85.4. The summed E-state index contributed by atoms with van der Waals surface area (Å²) < 4.78 is 62.6. The lowest BCUT2D eigenvalue weighted by Gasteiger charge is -2.46. The summed E-state index contributed by atoms with van der Waals surface area (Å²) >= 11 is 0. The van der Waals surface area contributed by atoms with Gasteiger partial charge in [-0.05, 0) is 37.0 Å². The van der Waals surface area contributed by atoms with Gasteiger partial charge in [0.25, 0.3) is 0 Å². The van der Waals surface area contributed by atoms with Crippen LogP contribution >= 0.6 is 0 Å². The second kappa shape index (κ2) is 21.6. The van der Waals surface area contributed by atoms with Gasteiger partial charge in [-0.3, -0.25) is 28.8 Å². The van der Waals surface area contributed by atoms with E-state index in [1.54, 1.807) is 12.1 Å². The van der Waals surface area contributed by atoms with E-state index in [0.29, 0.717) is 31.4 Å². The monoisotopic (exact) mass is 832 g/mol. The van der Waals surface area contributed by atoms with Crippen LogP contribution in [0.25, 0.3) is 0 Å². The highest BCUT2D eigenvalue weighted by atomic mass is 16.8. The summed E-state index contributed by atoms with van der Waals surface area (Å²) in [5.74, 6) is -5.89. The first-order chi connectivity index (χ1) is 28.0. The van der Waals surface area contributed by atoms with E-state index < -0.39 is 109 Å². The molecule has 11 atom stereocenters. The largest absolute Gasteiger partial charge is 0.471 e. The van der Waals surface area contributed by atoms with Gasteiger partial charge < -0.3 is 52.1 Å². The number of hydrogen-bond donors (Lipinski definition) is 0. The maximum absolute atomic E-state index is 13.2. The van der Waals surface area contributed by atoms with Gasteiger partial charge in [-0.15, -0.1) is 6.58 Å². The molecule has 0 N–H and O–H groups in total. The lowest BCUT2D eigenvalue weighted by molar-refractivity contribution is -0.342. The number of carbonyl (C=O) groups is 7. The molecule has 324 valence electrons. The fourth-order valence-corrected chi connectivity index (χ4v) is 7.38. The topological polar surface area (TPSA) is 221 Å². The molecule has 0 aliphatic carbocycles. The number of esters is 7.